The first-order valence-corrected chi connectivity index (χ1v) is 14.5. The van der Waals surface area contributed by atoms with Gasteiger partial charge >= 0.3 is 23.9 Å². The van der Waals surface area contributed by atoms with Crippen molar-refractivity contribution in [2.45, 2.75) is 37.9 Å². The van der Waals surface area contributed by atoms with Crippen molar-refractivity contribution in [3.05, 3.63) is 52.1 Å². The van der Waals surface area contributed by atoms with Gasteiger partial charge in [-0.25, -0.2) is 19.2 Å². The Balaban J connectivity index is 1.86. The Bertz CT molecular complexity index is 1740. The van der Waals surface area contributed by atoms with Crippen molar-refractivity contribution in [3.63, 3.8) is 0 Å². The summed E-state index contributed by atoms with van der Waals surface area (Å²) in [5, 5.41) is 8.80. The molecule has 3 amide bonds. The Labute approximate surface area is 273 Å². The predicted octanol–water partition coefficient (Wildman–Crippen LogP) is -0.669. The average molecular weight is 668 g/mol. The van der Waals surface area contributed by atoms with Crippen LogP contribution in [0.5, 0.6) is 5.75 Å². The first kappa shape index (κ1) is 33.5. The first-order valence-electron chi connectivity index (χ1n) is 14.5. The second-order valence-corrected chi connectivity index (χ2v) is 11.4. The molecule has 1 aromatic carbocycles. The quantitative estimate of drug-likeness (QED) is 0.187. The molecule has 1 aromatic rings. The number of benzene rings is 1. The molecule has 0 radical (unpaired) electrons. The van der Waals surface area contributed by atoms with E-state index in [2.05, 4.69) is 16.0 Å². The minimum absolute atomic E-state index is 0.0340. The van der Waals surface area contributed by atoms with Crippen molar-refractivity contribution in [1.29, 1.82) is 0 Å². The molecule has 0 aromatic heterocycles. The molecule has 17 nitrogen and oxygen atoms in total. The number of esters is 4. The molecule has 1 saturated heterocycles. The molecule has 0 atom stereocenters. The van der Waals surface area contributed by atoms with Gasteiger partial charge in [0.15, 0.2) is 17.1 Å². The number of likely N-dealkylation sites (tertiary alicyclic amines) is 1. The summed E-state index contributed by atoms with van der Waals surface area (Å²) in [7, 11) is 5.65. The number of carbonyl (C=O) groups excluding carboxylic acids is 7. The molecule has 1 spiro atoms. The molecule has 4 aliphatic heterocycles. The number of nitrogens with zero attached hydrogens (tertiary/aromatic N) is 2. The van der Waals surface area contributed by atoms with Gasteiger partial charge in [-0.15, -0.1) is 0 Å². The Morgan fingerprint density at radius 1 is 0.771 bits per heavy atom. The molecule has 0 aliphatic carbocycles. The van der Waals surface area contributed by atoms with E-state index in [4.69, 9.17) is 23.7 Å². The Hall–Kier alpha value is -5.87. The second kappa shape index (κ2) is 12.1. The van der Waals surface area contributed by atoms with Gasteiger partial charge in [-0.2, -0.15) is 0 Å². The van der Waals surface area contributed by atoms with Crippen LogP contribution in [0.2, 0.25) is 0 Å². The molecule has 254 valence electrons. The normalized spacial score (nSPS) is 18.8. The van der Waals surface area contributed by atoms with Crippen molar-refractivity contribution in [1.82, 2.24) is 20.9 Å². The Kier molecular flexibility index (Phi) is 8.41. The summed E-state index contributed by atoms with van der Waals surface area (Å²) in [5.74, 6) is -5.70. The van der Waals surface area contributed by atoms with Gasteiger partial charge in [0.25, 0.3) is 0 Å². The van der Waals surface area contributed by atoms with E-state index in [1.807, 2.05) is 0 Å². The molecular formula is C31H33N5O12. The molecule has 4 aliphatic rings. The molecule has 48 heavy (non-hydrogen) atoms. The highest BCUT2D eigenvalue weighted by Crippen LogP contribution is 2.54. The topological polar surface area (TPSA) is 208 Å². The van der Waals surface area contributed by atoms with Crippen molar-refractivity contribution >= 4 is 52.9 Å². The van der Waals surface area contributed by atoms with Crippen LogP contribution in [-0.2, 0) is 52.5 Å². The van der Waals surface area contributed by atoms with Crippen LogP contribution in [0.1, 0.15) is 32.3 Å². The largest absolute Gasteiger partial charge is 0.495 e. The zero-order valence-electron chi connectivity index (χ0n) is 27.1. The highest BCUT2D eigenvalue weighted by molar-refractivity contribution is 6.14. The van der Waals surface area contributed by atoms with Gasteiger partial charge in [0.2, 0.25) is 17.7 Å². The fourth-order valence-corrected chi connectivity index (χ4v) is 6.40. The third-order valence-electron chi connectivity index (χ3n) is 8.51. The number of para-hydroxylation sites is 1. The predicted molar refractivity (Wildman–Crippen MR) is 162 cm³/mol. The number of carbonyl (C=O) groups is 7. The fourth-order valence-electron chi connectivity index (χ4n) is 6.40. The van der Waals surface area contributed by atoms with Gasteiger partial charge in [-0.05, 0) is 19.9 Å². The summed E-state index contributed by atoms with van der Waals surface area (Å²) in [4.78, 5) is 94.8. The van der Waals surface area contributed by atoms with Gasteiger partial charge in [0.1, 0.15) is 23.6 Å². The molecule has 4 heterocycles. The SMILES string of the molecule is COC(=O)C1=C(C(=O)OC)NC2(N1)C(C(=O)OC)=C(C(=O)OC)NC1=C2c2cccc(OC)c2N(C(=O)CN2C(=O)CCC2=O)C1(C)C. The van der Waals surface area contributed by atoms with Gasteiger partial charge in [-0.3, -0.25) is 24.2 Å². The molecule has 1 fully saturated rings. The maximum atomic E-state index is 14.3. The molecule has 3 N–H and O–H groups in total. The lowest BCUT2D eigenvalue weighted by atomic mass is 9.73. The third-order valence-corrected chi connectivity index (χ3v) is 8.51. The Morgan fingerprint density at radius 3 is 1.79 bits per heavy atom. The average Bonchev–Trinajstić information content (AvgIpc) is 3.62. The number of ether oxygens (including phenoxy) is 5. The summed E-state index contributed by atoms with van der Waals surface area (Å²) < 4.78 is 25.7. The highest BCUT2D eigenvalue weighted by Gasteiger charge is 2.61. The van der Waals surface area contributed by atoms with E-state index in [1.165, 1.54) is 12.0 Å². The van der Waals surface area contributed by atoms with Crippen LogP contribution in [0.25, 0.3) is 5.57 Å². The smallest absolute Gasteiger partial charge is 0.356 e. The number of dihydropyridines is 1. The minimum Gasteiger partial charge on any atom is -0.495 e. The maximum Gasteiger partial charge on any atom is 0.356 e. The van der Waals surface area contributed by atoms with Crippen molar-refractivity contribution in [3.8, 4) is 5.75 Å². The lowest BCUT2D eigenvalue weighted by Gasteiger charge is -2.52. The summed E-state index contributed by atoms with van der Waals surface area (Å²) in [6.07, 6.45) is -0.0679. The van der Waals surface area contributed by atoms with Crippen molar-refractivity contribution in [2.75, 3.05) is 47.0 Å². The van der Waals surface area contributed by atoms with E-state index in [0.29, 0.717) is 0 Å². The van der Waals surface area contributed by atoms with Crippen molar-refractivity contribution < 1.29 is 57.2 Å². The maximum absolute atomic E-state index is 14.3. The summed E-state index contributed by atoms with van der Waals surface area (Å²) in [5.41, 5.74) is -4.87. The number of methoxy groups -OCH3 is 5. The van der Waals surface area contributed by atoms with Crippen LogP contribution in [0, 0.1) is 0 Å². The van der Waals surface area contributed by atoms with Crippen LogP contribution in [0.15, 0.2) is 46.6 Å². The van der Waals surface area contributed by atoms with E-state index in [1.54, 1.807) is 32.0 Å². The number of hydrogen-bond donors (Lipinski definition) is 3. The highest BCUT2D eigenvalue weighted by atomic mass is 16.5. The molecule has 0 unspecified atom stereocenters. The first-order chi connectivity index (χ1) is 22.7. The number of rotatable bonds is 7. The van der Waals surface area contributed by atoms with Gasteiger partial charge in [-0.1, -0.05) is 12.1 Å². The van der Waals surface area contributed by atoms with Gasteiger partial charge in [0, 0.05) is 29.7 Å². The van der Waals surface area contributed by atoms with Gasteiger partial charge in [0.05, 0.1) is 46.8 Å². The van der Waals surface area contributed by atoms with E-state index >= 15 is 0 Å². The zero-order chi connectivity index (χ0) is 35.3. The molecule has 5 rings (SSSR count). The van der Waals surface area contributed by atoms with Crippen LogP contribution < -0.4 is 25.6 Å². The van der Waals surface area contributed by atoms with E-state index in [0.717, 1.165) is 33.3 Å². The summed E-state index contributed by atoms with van der Waals surface area (Å²) in [6.45, 7) is 2.61. The monoisotopic (exact) mass is 667 g/mol. The van der Waals surface area contributed by atoms with E-state index in [9.17, 15) is 33.6 Å². The number of fused-ring (bicyclic) bond motifs is 3. The molecule has 17 heteroatoms. The zero-order valence-corrected chi connectivity index (χ0v) is 27.1. The fraction of sp³-hybridized carbons (Fsp3) is 0.387. The third kappa shape index (κ3) is 4.80. The molecule has 0 bridgehead atoms. The standard InChI is InChI=1S/C31H33N5O12/c1-30(2)25-19(14-9-8-10-15(44-3)24(14)36(30)18(39)13-35-16(37)11-12-17(35)38)31(20(26(40)45-4)21(32-25)27(41)46-5)33-22(28(42)47-6)23(34-31)29(43)48-7/h8-10,32-34H,11-13H2,1-7H3. The van der Waals surface area contributed by atoms with E-state index in [-0.39, 0.29) is 41.1 Å². The molecule has 0 saturated carbocycles. The van der Waals surface area contributed by atoms with Crippen LogP contribution >= 0.6 is 0 Å². The summed E-state index contributed by atoms with van der Waals surface area (Å²) >= 11 is 0. The van der Waals surface area contributed by atoms with Crippen molar-refractivity contribution in [2.24, 2.45) is 0 Å². The Morgan fingerprint density at radius 2 is 1.29 bits per heavy atom. The number of amides is 3. The van der Waals surface area contributed by atoms with E-state index < -0.39 is 82.0 Å². The van der Waals surface area contributed by atoms with Crippen LogP contribution in [0.4, 0.5) is 5.69 Å². The van der Waals surface area contributed by atoms with Crippen LogP contribution in [0.3, 0.4) is 0 Å². The number of anilines is 1. The number of hydrogen-bond acceptors (Lipinski definition) is 15. The molecular weight excluding hydrogens is 634 g/mol. The lowest BCUT2D eigenvalue weighted by molar-refractivity contribution is -0.142. The lowest BCUT2D eigenvalue weighted by Crippen LogP contribution is -2.65. The minimum atomic E-state index is -2.15. The second-order valence-electron chi connectivity index (χ2n) is 11.4. The number of imide groups is 1. The van der Waals surface area contributed by atoms with Crippen LogP contribution in [-0.4, -0.2) is 99.8 Å². The summed E-state index contributed by atoms with van der Waals surface area (Å²) in [6, 6.07) is 4.74. The number of nitrogens with one attached hydrogen (secondary N) is 3. The van der Waals surface area contributed by atoms with Gasteiger partial charge < -0.3 is 39.6 Å².